The van der Waals surface area contributed by atoms with Crippen LogP contribution in [0.2, 0.25) is 0 Å². The first-order valence-corrected chi connectivity index (χ1v) is 9.28. The van der Waals surface area contributed by atoms with Gasteiger partial charge in [-0.2, -0.15) is 5.10 Å². The van der Waals surface area contributed by atoms with Crippen LogP contribution >= 0.6 is 0 Å². The first kappa shape index (κ1) is 18.4. The van der Waals surface area contributed by atoms with Crippen LogP contribution in [0.5, 0.6) is 0 Å². The number of aromatic nitrogens is 4. The fourth-order valence-corrected chi connectivity index (χ4v) is 3.54. The Labute approximate surface area is 153 Å². The number of amides is 1. The van der Waals surface area contributed by atoms with Crippen molar-refractivity contribution in [2.75, 3.05) is 0 Å². The van der Waals surface area contributed by atoms with Crippen LogP contribution in [0.4, 0.5) is 0 Å². The van der Waals surface area contributed by atoms with Crippen LogP contribution < -0.4 is 10.9 Å². The molecule has 140 valence electrons. The van der Waals surface area contributed by atoms with E-state index >= 15 is 0 Å². The molecule has 0 bridgehead atoms. The molecule has 2 aromatic rings. The molecule has 0 spiro atoms. The van der Waals surface area contributed by atoms with E-state index in [1.807, 2.05) is 19.9 Å². The summed E-state index contributed by atoms with van der Waals surface area (Å²) >= 11 is 0. The molecule has 0 aromatic carbocycles. The molecule has 26 heavy (non-hydrogen) atoms. The van der Waals surface area contributed by atoms with Gasteiger partial charge in [0.25, 0.3) is 5.56 Å². The number of carbonyl (C=O) groups excluding carboxylic acids is 1. The van der Waals surface area contributed by atoms with Crippen molar-refractivity contribution in [3.05, 3.63) is 39.1 Å². The van der Waals surface area contributed by atoms with Crippen LogP contribution in [0, 0.1) is 27.7 Å². The number of hydrogen-bond donors (Lipinski definition) is 1. The second-order valence-corrected chi connectivity index (χ2v) is 7.25. The Balaban J connectivity index is 1.94. The molecule has 3 rings (SSSR count). The molecule has 1 aliphatic carbocycles. The van der Waals surface area contributed by atoms with E-state index in [2.05, 4.69) is 15.4 Å². The average molecular weight is 357 g/mol. The molecule has 1 amide bonds. The molecule has 0 aliphatic heterocycles. The number of rotatable bonds is 4. The van der Waals surface area contributed by atoms with Crippen LogP contribution in [0.3, 0.4) is 0 Å². The lowest BCUT2D eigenvalue weighted by molar-refractivity contribution is -0.122. The minimum absolute atomic E-state index is 0.0445. The van der Waals surface area contributed by atoms with Crippen molar-refractivity contribution >= 4 is 5.91 Å². The molecule has 1 N–H and O–H groups in total. The van der Waals surface area contributed by atoms with Crippen molar-refractivity contribution in [3.63, 3.8) is 0 Å². The van der Waals surface area contributed by atoms with Gasteiger partial charge in [-0.25, -0.2) is 9.67 Å². The molecule has 2 heterocycles. The summed E-state index contributed by atoms with van der Waals surface area (Å²) < 4.78 is 3.07. The lowest BCUT2D eigenvalue weighted by Crippen LogP contribution is -2.41. The minimum atomic E-state index is -0.196. The molecule has 7 heteroatoms. The Kier molecular flexibility index (Phi) is 5.25. The van der Waals surface area contributed by atoms with Crippen molar-refractivity contribution in [3.8, 4) is 5.95 Å². The fraction of sp³-hybridized carbons (Fsp3) is 0.579. The Bertz CT molecular complexity index is 875. The average Bonchev–Trinajstić information content (AvgIpc) is 2.94. The van der Waals surface area contributed by atoms with Gasteiger partial charge in [0.15, 0.2) is 0 Å². The van der Waals surface area contributed by atoms with E-state index in [0.29, 0.717) is 17.2 Å². The summed E-state index contributed by atoms with van der Waals surface area (Å²) in [5.74, 6) is 0.245. The summed E-state index contributed by atoms with van der Waals surface area (Å²) in [6.45, 7) is 7.30. The molecule has 2 aromatic heterocycles. The van der Waals surface area contributed by atoms with E-state index in [1.165, 1.54) is 11.0 Å². The summed E-state index contributed by atoms with van der Waals surface area (Å²) in [5, 5.41) is 7.51. The van der Waals surface area contributed by atoms with Crippen molar-refractivity contribution < 1.29 is 4.79 Å². The second kappa shape index (κ2) is 7.43. The standard InChI is InChI=1S/C19H27N5O2/c1-12-10-13(2)24(22-12)19-20-15(4)14(3)18(26)23(19)11-17(25)21-16-8-6-5-7-9-16/h10,16H,5-9,11H2,1-4H3,(H,21,25). The minimum Gasteiger partial charge on any atom is -0.352 e. The van der Waals surface area contributed by atoms with E-state index in [1.54, 1.807) is 18.5 Å². The Morgan fingerprint density at radius 2 is 1.88 bits per heavy atom. The highest BCUT2D eigenvalue weighted by Gasteiger charge is 2.20. The quantitative estimate of drug-likeness (QED) is 0.909. The predicted octanol–water partition coefficient (Wildman–Crippen LogP) is 2.11. The Morgan fingerprint density at radius 1 is 1.19 bits per heavy atom. The van der Waals surface area contributed by atoms with Gasteiger partial charge < -0.3 is 5.32 Å². The van der Waals surface area contributed by atoms with Crippen LogP contribution in [-0.2, 0) is 11.3 Å². The normalized spacial score (nSPS) is 15.2. The molecule has 1 aliphatic rings. The molecule has 0 atom stereocenters. The third-order valence-corrected chi connectivity index (χ3v) is 5.09. The van der Waals surface area contributed by atoms with Crippen LogP contribution in [0.15, 0.2) is 10.9 Å². The first-order chi connectivity index (χ1) is 12.4. The van der Waals surface area contributed by atoms with Gasteiger partial charge in [0, 0.05) is 23.0 Å². The maximum absolute atomic E-state index is 12.8. The van der Waals surface area contributed by atoms with Gasteiger partial charge in [-0.15, -0.1) is 0 Å². The second-order valence-electron chi connectivity index (χ2n) is 7.25. The zero-order chi connectivity index (χ0) is 18.8. The number of nitrogens with zero attached hydrogens (tertiary/aromatic N) is 4. The predicted molar refractivity (Wildman–Crippen MR) is 99.6 cm³/mol. The summed E-state index contributed by atoms with van der Waals surface area (Å²) in [4.78, 5) is 30.0. The molecular weight excluding hydrogens is 330 g/mol. The summed E-state index contributed by atoms with van der Waals surface area (Å²) in [7, 11) is 0. The van der Waals surface area contributed by atoms with Crippen LogP contribution in [-0.4, -0.2) is 31.3 Å². The van der Waals surface area contributed by atoms with Crippen molar-refractivity contribution in [1.82, 2.24) is 24.6 Å². The van der Waals surface area contributed by atoms with Crippen LogP contribution in [0.25, 0.3) is 5.95 Å². The van der Waals surface area contributed by atoms with Crippen molar-refractivity contribution in [1.29, 1.82) is 0 Å². The van der Waals surface area contributed by atoms with Gasteiger partial charge in [-0.1, -0.05) is 19.3 Å². The fourth-order valence-electron chi connectivity index (χ4n) is 3.54. The van der Waals surface area contributed by atoms with Gasteiger partial charge in [0.2, 0.25) is 11.9 Å². The number of aryl methyl sites for hydroxylation is 3. The van der Waals surface area contributed by atoms with Gasteiger partial charge in [0.1, 0.15) is 6.54 Å². The van der Waals surface area contributed by atoms with Crippen molar-refractivity contribution in [2.45, 2.75) is 72.4 Å². The third kappa shape index (κ3) is 3.71. The monoisotopic (exact) mass is 357 g/mol. The highest BCUT2D eigenvalue weighted by molar-refractivity contribution is 5.76. The van der Waals surface area contributed by atoms with E-state index in [9.17, 15) is 9.59 Å². The van der Waals surface area contributed by atoms with Gasteiger partial charge in [-0.3, -0.25) is 14.2 Å². The molecule has 1 saturated carbocycles. The highest BCUT2D eigenvalue weighted by atomic mass is 16.2. The zero-order valence-electron chi connectivity index (χ0n) is 16.0. The number of nitrogens with one attached hydrogen (secondary N) is 1. The lowest BCUT2D eigenvalue weighted by Gasteiger charge is -2.23. The molecule has 0 saturated heterocycles. The lowest BCUT2D eigenvalue weighted by atomic mass is 9.95. The number of carbonyl (C=O) groups is 1. The molecular formula is C19H27N5O2. The highest BCUT2D eigenvalue weighted by Crippen LogP contribution is 2.17. The Hall–Kier alpha value is -2.44. The SMILES string of the molecule is Cc1cc(C)n(-c2nc(C)c(C)c(=O)n2CC(=O)NC2CCCCC2)n1. The van der Waals surface area contributed by atoms with Gasteiger partial charge in [0.05, 0.1) is 5.69 Å². The van der Waals surface area contributed by atoms with Crippen molar-refractivity contribution in [2.24, 2.45) is 0 Å². The summed E-state index contributed by atoms with van der Waals surface area (Å²) in [6.07, 6.45) is 5.54. The number of hydrogen-bond acceptors (Lipinski definition) is 4. The Morgan fingerprint density at radius 3 is 2.50 bits per heavy atom. The largest absolute Gasteiger partial charge is 0.352 e. The van der Waals surface area contributed by atoms with Gasteiger partial charge >= 0.3 is 0 Å². The van der Waals surface area contributed by atoms with E-state index in [4.69, 9.17) is 0 Å². The maximum Gasteiger partial charge on any atom is 0.258 e. The molecule has 7 nitrogen and oxygen atoms in total. The van der Waals surface area contributed by atoms with E-state index in [0.717, 1.165) is 37.1 Å². The van der Waals surface area contributed by atoms with Crippen LogP contribution in [0.1, 0.15) is 54.7 Å². The smallest absolute Gasteiger partial charge is 0.258 e. The maximum atomic E-state index is 12.8. The van der Waals surface area contributed by atoms with Gasteiger partial charge in [-0.05, 0) is 46.6 Å². The molecule has 1 fully saturated rings. The molecule has 0 unspecified atom stereocenters. The third-order valence-electron chi connectivity index (χ3n) is 5.09. The summed E-state index contributed by atoms with van der Waals surface area (Å²) in [6, 6.07) is 2.14. The zero-order valence-corrected chi connectivity index (χ0v) is 16.0. The first-order valence-electron chi connectivity index (χ1n) is 9.28. The summed E-state index contributed by atoms with van der Waals surface area (Å²) in [5.41, 5.74) is 2.73. The topological polar surface area (TPSA) is 81.8 Å². The van der Waals surface area contributed by atoms with E-state index < -0.39 is 0 Å². The van der Waals surface area contributed by atoms with E-state index in [-0.39, 0.29) is 24.1 Å². The molecule has 0 radical (unpaired) electrons.